The first-order chi connectivity index (χ1) is 10.1. The molecule has 1 N–H and O–H groups in total. The summed E-state index contributed by atoms with van der Waals surface area (Å²) in [5, 5.41) is 1.45. The van der Waals surface area contributed by atoms with Crippen LogP contribution in [0.1, 0.15) is 16.0 Å². The predicted molar refractivity (Wildman–Crippen MR) is 90.6 cm³/mol. The average Bonchev–Trinajstić information content (AvgIpc) is 2.75. The van der Waals surface area contributed by atoms with E-state index in [2.05, 4.69) is 22.1 Å². The number of aryl methyl sites for hydroxylation is 3. The van der Waals surface area contributed by atoms with Crippen LogP contribution in [0.3, 0.4) is 0 Å². The van der Waals surface area contributed by atoms with Crippen LogP contribution >= 0.6 is 23.1 Å². The van der Waals surface area contributed by atoms with Crippen LogP contribution in [0.4, 0.5) is 0 Å². The molecule has 5 heteroatoms. The quantitative estimate of drug-likeness (QED) is 0.586. The van der Waals surface area contributed by atoms with Gasteiger partial charge in [-0.25, -0.2) is 4.98 Å². The molecule has 0 radical (unpaired) electrons. The molecule has 21 heavy (non-hydrogen) atoms. The minimum absolute atomic E-state index is 0.0240. The highest BCUT2D eigenvalue weighted by Gasteiger charge is 2.11. The zero-order valence-corrected chi connectivity index (χ0v) is 13.6. The van der Waals surface area contributed by atoms with Crippen molar-refractivity contribution >= 4 is 33.3 Å². The zero-order chi connectivity index (χ0) is 14.8. The second kappa shape index (κ2) is 6.03. The normalized spacial score (nSPS) is 11.1. The molecular formula is C16H16N2OS2. The fourth-order valence-electron chi connectivity index (χ4n) is 2.21. The molecule has 0 atom stereocenters. The molecule has 0 amide bonds. The van der Waals surface area contributed by atoms with Gasteiger partial charge < -0.3 is 4.98 Å². The molecule has 0 spiro atoms. The Kier molecular flexibility index (Phi) is 4.12. The van der Waals surface area contributed by atoms with Gasteiger partial charge in [-0.1, -0.05) is 42.1 Å². The second-order valence-electron chi connectivity index (χ2n) is 4.92. The van der Waals surface area contributed by atoms with E-state index in [0.29, 0.717) is 5.16 Å². The Bertz CT molecular complexity index is 821. The Balaban J connectivity index is 1.77. The Hall–Kier alpha value is -1.59. The van der Waals surface area contributed by atoms with Gasteiger partial charge in [-0.3, -0.25) is 4.79 Å². The number of benzene rings is 1. The number of aromatic amines is 1. The lowest BCUT2D eigenvalue weighted by molar-refractivity contribution is 0.975. The van der Waals surface area contributed by atoms with Crippen molar-refractivity contribution in [1.29, 1.82) is 0 Å². The molecule has 3 aromatic rings. The molecular weight excluding hydrogens is 300 g/mol. The number of thioether (sulfide) groups is 1. The first-order valence-corrected chi connectivity index (χ1v) is 8.62. The number of nitrogens with zero attached hydrogens (tertiary/aromatic N) is 1. The van der Waals surface area contributed by atoms with Crippen molar-refractivity contribution in [3.63, 3.8) is 0 Å². The summed E-state index contributed by atoms with van der Waals surface area (Å²) >= 11 is 3.19. The highest BCUT2D eigenvalue weighted by atomic mass is 32.2. The van der Waals surface area contributed by atoms with Gasteiger partial charge in [0, 0.05) is 10.6 Å². The van der Waals surface area contributed by atoms with E-state index in [-0.39, 0.29) is 5.56 Å². The molecule has 0 bridgehead atoms. The standard InChI is InChI=1S/C16H16N2OS2/c1-10-11(2)21-15-13(10)14(19)17-16(18-15)20-9-8-12-6-4-3-5-7-12/h3-7H,8-9H2,1-2H3,(H,17,18,19). The van der Waals surface area contributed by atoms with E-state index in [0.717, 1.165) is 32.8 Å². The van der Waals surface area contributed by atoms with E-state index in [1.807, 2.05) is 32.0 Å². The first kappa shape index (κ1) is 14.4. The second-order valence-corrected chi connectivity index (χ2v) is 7.21. The van der Waals surface area contributed by atoms with E-state index in [1.54, 1.807) is 23.1 Å². The summed E-state index contributed by atoms with van der Waals surface area (Å²) in [4.78, 5) is 21.6. The van der Waals surface area contributed by atoms with Crippen LogP contribution in [-0.4, -0.2) is 15.7 Å². The molecule has 0 unspecified atom stereocenters. The molecule has 2 heterocycles. The fourth-order valence-corrected chi connectivity index (χ4v) is 4.15. The van der Waals surface area contributed by atoms with Crippen LogP contribution in [0.15, 0.2) is 40.3 Å². The predicted octanol–water partition coefficient (Wildman–Crippen LogP) is 3.94. The topological polar surface area (TPSA) is 45.8 Å². The highest BCUT2D eigenvalue weighted by molar-refractivity contribution is 7.99. The number of hydrogen-bond donors (Lipinski definition) is 1. The summed E-state index contributed by atoms with van der Waals surface area (Å²) in [5.74, 6) is 0.905. The van der Waals surface area contributed by atoms with E-state index in [4.69, 9.17) is 0 Å². The van der Waals surface area contributed by atoms with E-state index >= 15 is 0 Å². The monoisotopic (exact) mass is 316 g/mol. The minimum atomic E-state index is -0.0240. The van der Waals surface area contributed by atoms with Crippen molar-refractivity contribution in [3.05, 3.63) is 56.7 Å². The third-order valence-corrected chi connectivity index (χ3v) is 5.47. The number of thiophene rings is 1. The van der Waals surface area contributed by atoms with Crippen molar-refractivity contribution in [2.24, 2.45) is 0 Å². The molecule has 0 fully saturated rings. The van der Waals surface area contributed by atoms with Crippen molar-refractivity contribution in [3.8, 4) is 0 Å². The van der Waals surface area contributed by atoms with Gasteiger partial charge in [0.1, 0.15) is 4.83 Å². The SMILES string of the molecule is Cc1sc2nc(SCCc3ccccc3)[nH]c(=O)c2c1C. The van der Waals surface area contributed by atoms with Crippen molar-refractivity contribution in [1.82, 2.24) is 9.97 Å². The molecule has 3 rings (SSSR count). The Morgan fingerprint density at radius 2 is 2.00 bits per heavy atom. The van der Waals surface area contributed by atoms with Crippen LogP contribution in [-0.2, 0) is 6.42 Å². The summed E-state index contributed by atoms with van der Waals surface area (Å²) in [5.41, 5.74) is 2.32. The third kappa shape index (κ3) is 3.04. The molecule has 3 nitrogen and oxygen atoms in total. The minimum Gasteiger partial charge on any atom is -0.301 e. The Morgan fingerprint density at radius 1 is 1.24 bits per heavy atom. The lowest BCUT2D eigenvalue weighted by Crippen LogP contribution is -2.09. The van der Waals surface area contributed by atoms with Gasteiger partial charge in [-0.2, -0.15) is 0 Å². The summed E-state index contributed by atoms with van der Waals surface area (Å²) in [6.45, 7) is 4.01. The number of fused-ring (bicyclic) bond motifs is 1. The molecule has 0 saturated carbocycles. The fraction of sp³-hybridized carbons (Fsp3) is 0.250. The zero-order valence-electron chi connectivity index (χ0n) is 12.0. The van der Waals surface area contributed by atoms with Crippen molar-refractivity contribution in [2.75, 3.05) is 5.75 Å². The summed E-state index contributed by atoms with van der Waals surface area (Å²) in [6.07, 6.45) is 0.968. The summed E-state index contributed by atoms with van der Waals surface area (Å²) < 4.78 is 0. The van der Waals surface area contributed by atoms with Crippen LogP contribution in [0, 0.1) is 13.8 Å². The summed E-state index contributed by atoms with van der Waals surface area (Å²) in [7, 11) is 0. The lowest BCUT2D eigenvalue weighted by Gasteiger charge is -2.02. The molecule has 2 aromatic heterocycles. The van der Waals surface area contributed by atoms with E-state index in [1.165, 1.54) is 5.56 Å². The van der Waals surface area contributed by atoms with E-state index < -0.39 is 0 Å². The maximum absolute atomic E-state index is 12.2. The van der Waals surface area contributed by atoms with Crippen LogP contribution in [0.25, 0.3) is 10.2 Å². The molecule has 108 valence electrons. The van der Waals surface area contributed by atoms with Gasteiger partial charge in [0.05, 0.1) is 5.39 Å². The van der Waals surface area contributed by atoms with E-state index in [9.17, 15) is 4.79 Å². The van der Waals surface area contributed by atoms with Gasteiger partial charge in [-0.15, -0.1) is 11.3 Å². The number of hydrogen-bond acceptors (Lipinski definition) is 4. The number of rotatable bonds is 4. The Labute approximate surface area is 131 Å². The molecule has 0 saturated heterocycles. The van der Waals surface area contributed by atoms with Gasteiger partial charge in [0.25, 0.3) is 5.56 Å². The van der Waals surface area contributed by atoms with Gasteiger partial charge in [0.2, 0.25) is 0 Å². The van der Waals surface area contributed by atoms with Crippen LogP contribution < -0.4 is 5.56 Å². The van der Waals surface area contributed by atoms with Crippen molar-refractivity contribution < 1.29 is 0 Å². The highest BCUT2D eigenvalue weighted by Crippen LogP contribution is 2.27. The average molecular weight is 316 g/mol. The number of aromatic nitrogens is 2. The van der Waals surface area contributed by atoms with Crippen LogP contribution in [0.2, 0.25) is 0 Å². The maximum atomic E-state index is 12.2. The van der Waals surface area contributed by atoms with Gasteiger partial charge in [0.15, 0.2) is 5.16 Å². The largest absolute Gasteiger partial charge is 0.301 e. The number of nitrogens with one attached hydrogen (secondary N) is 1. The molecule has 0 aliphatic carbocycles. The number of H-pyrrole nitrogens is 1. The van der Waals surface area contributed by atoms with Crippen LogP contribution in [0.5, 0.6) is 0 Å². The van der Waals surface area contributed by atoms with Gasteiger partial charge in [-0.05, 0) is 31.4 Å². The third-order valence-electron chi connectivity index (χ3n) is 3.49. The van der Waals surface area contributed by atoms with Crippen molar-refractivity contribution in [2.45, 2.75) is 25.4 Å². The molecule has 0 aliphatic heterocycles. The smallest absolute Gasteiger partial charge is 0.260 e. The molecule has 1 aromatic carbocycles. The molecule has 0 aliphatic rings. The Morgan fingerprint density at radius 3 is 2.76 bits per heavy atom. The van der Waals surface area contributed by atoms with Gasteiger partial charge >= 0.3 is 0 Å². The summed E-state index contributed by atoms with van der Waals surface area (Å²) in [6, 6.07) is 10.3. The lowest BCUT2D eigenvalue weighted by atomic mass is 10.2. The maximum Gasteiger partial charge on any atom is 0.260 e. The first-order valence-electron chi connectivity index (χ1n) is 6.82.